The quantitative estimate of drug-likeness (QED) is 0.0644. The number of fused-ring (bicyclic) bond motifs is 5. The van der Waals surface area contributed by atoms with E-state index in [0.717, 1.165) is 41.8 Å². The number of nitrogens with one attached hydrogen (secondary N) is 3. The van der Waals surface area contributed by atoms with Crippen LogP contribution in [0, 0.1) is 28.6 Å². The molecule has 0 aliphatic heterocycles. The highest BCUT2D eigenvalue weighted by Gasteiger charge is 2.68. The van der Waals surface area contributed by atoms with Crippen LogP contribution in [0.2, 0.25) is 0 Å². The summed E-state index contributed by atoms with van der Waals surface area (Å²) in [5.74, 6) is 0.141. The molecule has 0 spiro atoms. The van der Waals surface area contributed by atoms with Gasteiger partial charge in [-0.1, -0.05) is 49.8 Å². The monoisotopic (exact) mass is 902 g/mol. The van der Waals surface area contributed by atoms with Crippen molar-refractivity contribution in [1.29, 1.82) is 0 Å². The minimum atomic E-state index is -1.66. The molecule has 0 heterocycles. The van der Waals surface area contributed by atoms with Crippen LogP contribution in [0.1, 0.15) is 94.1 Å². The molecule has 6 rings (SSSR count). The summed E-state index contributed by atoms with van der Waals surface area (Å²) in [6.07, 6.45) is 8.81. The molecule has 336 valence electrons. The number of ether oxygens (including phenoxy) is 1. The molecule has 2 aromatic carbocycles. The van der Waals surface area contributed by atoms with Crippen molar-refractivity contribution in [2.24, 2.45) is 28.6 Å². The summed E-state index contributed by atoms with van der Waals surface area (Å²) < 4.78 is 5.39. The third-order valence-electron chi connectivity index (χ3n) is 13.4. The number of amides is 1. The van der Waals surface area contributed by atoms with Gasteiger partial charge in [0.05, 0.1) is 6.10 Å². The number of aryl methyl sites for hydroxylation is 1. The number of nitrogens with zero attached hydrogens (tertiary/aromatic N) is 1. The molecule has 61 heavy (non-hydrogen) atoms. The fourth-order valence-electron chi connectivity index (χ4n) is 10.3. The summed E-state index contributed by atoms with van der Waals surface area (Å²) in [4.78, 5) is 51.9. The average molecular weight is 904 g/mol. The Balaban J connectivity index is 0.000000407. The van der Waals surface area contributed by atoms with Gasteiger partial charge in [-0.05, 0) is 125 Å². The smallest absolute Gasteiger partial charge is 0.306 e. The number of carbonyl (C=O) groups is 4. The lowest BCUT2D eigenvalue weighted by atomic mass is 9.46. The number of halogens is 3. The first-order valence-corrected chi connectivity index (χ1v) is 22.5. The molecule has 14 heteroatoms. The van der Waals surface area contributed by atoms with E-state index in [9.17, 15) is 29.4 Å². The van der Waals surface area contributed by atoms with Crippen molar-refractivity contribution in [3.05, 3.63) is 89.0 Å². The Morgan fingerprint density at radius 3 is 2.26 bits per heavy atom. The fourth-order valence-corrected chi connectivity index (χ4v) is 10.7. The largest absolute Gasteiger partial charge is 0.458 e. The molecule has 4 aliphatic rings. The Hall–Kier alpha value is -3.29. The van der Waals surface area contributed by atoms with Crippen LogP contribution < -0.4 is 21.1 Å². The van der Waals surface area contributed by atoms with E-state index in [1.54, 1.807) is 12.2 Å². The molecule has 3 saturated carbocycles. The first-order valence-electron chi connectivity index (χ1n) is 21.4. The first-order chi connectivity index (χ1) is 28.6. The van der Waals surface area contributed by atoms with Gasteiger partial charge in [-0.3, -0.25) is 30.0 Å². The first kappa shape index (κ1) is 50.4. The number of ketones is 2. The Bertz CT molecular complexity index is 1870. The van der Waals surface area contributed by atoms with E-state index >= 15 is 0 Å². The summed E-state index contributed by atoms with van der Waals surface area (Å²) >= 11 is 11.8. The van der Waals surface area contributed by atoms with Gasteiger partial charge in [0.1, 0.15) is 5.60 Å². The predicted octanol–water partition coefficient (Wildman–Crippen LogP) is 6.89. The number of benzene rings is 2. The highest BCUT2D eigenvalue weighted by molar-refractivity contribution is 6.18. The molecule has 0 aromatic heterocycles. The number of rotatable bonds is 17. The van der Waals surface area contributed by atoms with E-state index in [0.29, 0.717) is 49.7 Å². The number of anilines is 1. The number of alkyl halides is 2. The Kier molecular flexibility index (Phi) is 18.5. The van der Waals surface area contributed by atoms with Gasteiger partial charge in [-0.2, -0.15) is 0 Å². The van der Waals surface area contributed by atoms with E-state index in [1.807, 2.05) is 82.4 Å². The van der Waals surface area contributed by atoms with E-state index in [1.165, 1.54) is 0 Å². The van der Waals surface area contributed by atoms with Gasteiger partial charge in [-0.25, -0.2) is 0 Å². The molecule has 1 amide bonds. The lowest BCUT2D eigenvalue weighted by molar-refractivity contribution is -0.181. The van der Waals surface area contributed by atoms with E-state index in [-0.39, 0.29) is 67.2 Å². The second-order valence-electron chi connectivity index (χ2n) is 17.5. The summed E-state index contributed by atoms with van der Waals surface area (Å²) in [5.41, 5.74) is 8.00. The number of Topliss-reactive ketones (excluding diaryl/α,β-unsaturated/α-hetero) is 1. The normalized spacial score (nSPS) is 27.3. The lowest BCUT2D eigenvalue weighted by Gasteiger charge is -2.59. The number of hydrogen-bond donors (Lipinski definition) is 5. The molecule has 2 aromatic rings. The van der Waals surface area contributed by atoms with Gasteiger partial charge < -0.3 is 25.2 Å². The van der Waals surface area contributed by atoms with Crippen molar-refractivity contribution in [1.82, 2.24) is 16.2 Å². The molecular formula is C47H65Cl3N4O7. The second-order valence-corrected chi connectivity index (χ2v) is 18.3. The Labute approximate surface area is 377 Å². The topological polar surface area (TPSA) is 157 Å². The molecule has 5 N–H and O–H groups in total. The van der Waals surface area contributed by atoms with Gasteiger partial charge in [-0.15, -0.1) is 35.6 Å². The van der Waals surface area contributed by atoms with Crippen LogP contribution in [0.3, 0.4) is 0 Å². The number of aliphatic hydroxyl groups excluding tert-OH is 1. The van der Waals surface area contributed by atoms with Crippen molar-refractivity contribution in [3.63, 3.8) is 0 Å². The molecule has 4 aliphatic carbocycles. The Morgan fingerprint density at radius 2 is 1.64 bits per heavy atom. The van der Waals surface area contributed by atoms with Crippen molar-refractivity contribution in [3.8, 4) is 0 Å². The summed E-state index contributed by atoms with van der Waals surface area (Å²) in [7, 11) is 1.82. The van der Waals surface area contributed by atoms with Gasteiger partial charge >= 0.3 is 5.97 Å². The highest BCUT2D eigenvalue weighted by atomic mass is 35.5. The van der Waals surface area contributed by atoms with Crippen LogP contribution in [-0.4, -0.2) is 89.9 Å². The average Bonchev–Trinajstić information content (AvgIpc) is 3.49. The number of esters is 1. The summed E-state index contributed by atoms with van der Waals surface area (Å²) in [5, 5.41) is 26.3. The Morgan fingerprint density at radius 1 is 0.984 bits per heavy atom. The lowest BCUT2D eigenvalue weighted by Crippen LogP contribution is -2.61. The maximum Gasteiger partial charge on any atom is 0.306 e. The third-order valence-corrected chi connectivity index (χ3v) is 13.8. The molecule has 0 radical (unpaired) electrons. The van der Waals surface area contributed by atoms with E-state index in [4.69, 9.17) is 27.9 Å². The molecular weight excluding hydrogens is 839 g/mol. The van der Waals surface area contributed by atoms with Gasteiger partial charge in [0, 0.05) is 71.9 Å². The zero-order valence-electron chi connectivity index (χ0n) is 36.2. The van der Waals surface area contributed by atoms with E-state index in [2.05, 4.69) is 28.0 Å². The predicted molar refractivity (Wildman–Crippen MR) is 244 cm³/mol. The van der Waals surface area contributed by atoms with Gasteiger partial charge in [0.25, 0.3) is 5.91 Å². The highest BCUT2D eigenvalue weighted by Crippen LogP contribution is 2.67. The van der Waals surface area contributed by atoms with Crippen molar-refractivity contribution in [2.75, 3.05) is 43.4 Å². The van der Waals surface area contributed by atoms with Crippen LogP contribution in [0.4, 0.5) is 5.69 Å². The number of carbonyl (C=O) groups excluding carboxylic acids is 4. The molecule has 0 unspecified atom stereocenters. The SMILES string of the molecule is CNNCc1ccc(C(=O)NC(C)C)cc1.C[C@]12C=CC(=O)C=C1CC[C@@H]1[C@@H]2[C@@H](O)C[C@@]2(C)[C@H]1CC[C@]2(O)C(=O)COC(=O)CCCc1ccc(N(CCCl)CCCl)cc1.Cl. The van der Waals surface area contributed by atoms with E-state index < -0.39 is 40.9 Å². The number of allylic oxidation sites excluding steroid dienone is 4. The second kappa shape index (κ2) is 22.4. The summed E-state index contributed by atoms with van der Waals surface area (Å²) in [6.45, 7) is 9.62. The molecule has 0 bridgehead atoms. The number of aliphatic hydroxyl groups is 2. The minimum absolute atomic E-state index is 0. The molecule has 7 atom stereocenters. The van der Waals surface area contributed by atoms with Crippen LogP contribution in [-0.2, 0) is 32.1 Å². The minimum Gasteiger partial charge on any atom is -0.458 e. The van der Waals surface area contributed by atoms with Crippen LogP contribution in [0.15, 0.2) is 72.3 Å². The zero-order valence-corrected chi connectivity index (χ0v) is 38.5. The van der Waals surface area contributed by atoms with Crippen molar-refractivity contribution >= 4 is 64.7 Å². The number of hydrazine groups is 1. The van der Waals surface area contributed by atoms with Crippen LogP contribution in [0.5, 0.6) is 0 Å². The standard InChI is InChI=1S/C35H45Cl2NO6.C12H19N3O.ClH/c1-33-14-12-26(39)20-24(33)8-11-27-28-13-15-35(43,34(28,2)21-29(40)32(27)33)30(41)22-44-31(42)5-3-4-23-6-9-25(10-7-23)38(18-16-36)19-17-37;1-9(2)15-12(16)11-6-4-10(5-7-11)8-14-13-3;/h6-7,9-10,12,14,20,27-29,32,40,43H,3-5,8,11,13,15-19,21-22H2,1-2H3;4-7,9,13-14H,8H2,1-3H3,(H,15,16);1H/t27-,28-,29-,32+,33-,34-,35-;;/m0../s1. The van der Waals surface area contributed by atoms with Crippen molar-refractivity contribution < 1.29 is 34.1 Å². The number of hydrogen-bond acceptors (Lipinski definition) is 10. The van der Waals surface area contributed by atoms with Gasteiger partial charge in [0.2, 0.25) is 5.78 Å². The van der Waals surface area contributed by atoms with Crippen LogP contribution in [0.25, 0.3) is 0 Å². The maximum absolute atomic E-state index is 13.5. The molecule has 11 nitrogen and oxygen atoms in total. The maximum atomic E-state index is 13.5. The third kappa shape index (κ3) is 11.6. The molecule has 3 fully saturated rings. The fraction of sp³-hybridized carbons (Fsp3) is 0.574. The van der Waals surface area contributed by atoms with Crippen LogP contribution >= 0.6 is 35.6 Å². The van der Waals surface area contributed by atoms with Gasteiger partial charge in [0.15, 0.2) is 12.4 Å². The van der Waals surface area contributed by atoms with Crippen molar-refractivity contribution in [2.45, 2.75) is 103 Å². The zero-order chi connectivity index (χ0) is 43.7. The summed E-state index contributed by atoms with van der Waals surface area (Å²) in [6, 6.07) is 15.9. The molecule has 0 saturated heterocycles.